The average Bonchev–Trinajstić information content (AvgIpc) is 3.62. The first-order valence-electron chi connectivity index (χ1n) is 10.8. The molecule has 20 heteroatoms. The molecule has 17 nitrogen and oxygen atoms in total. The van der Waals surface area contributed by atoms with Crippen molar-refractivity contribution in [3.8, 4) is 0 Å². The van der Waals surface area contributed by atoms with Gasteiger partial charge in [0.05, 0.1) is 0 Å². The number of tetrazole rings is 1. The lowest BCUT2D eigenvalue weighted by Crippen LogP contribution is -2.71. The molecule has 200 valence electrons. The molecular weight excluding hydrogens is 562 g/mol. The number of nitrogens with one attached hydrogen (secondary N) is 2. The van der Waals surface area contributed by atoms with E-state index in [4.69, 9.17) is 16.4 Å². The van der Waals surface area contributed by atoms with E-state index < -0.39 is 35.3 Å². The van der Waals surface area contributed by atoms with Gasteiger partial charge in [0.15, 0.2) is 10.8 Å². The van der Waals surface area contributed by atoms with Gasteiger partial charge in [0, 0.05) is 29.9 Å². The minimum atomic E-state index is -1.28. The second kappa shape index (κ2) is 10.5. The highest BCUT2D eigenvalue weighted by molar-refractivity contribution is 8.01. The van der Waals surface area contributed by atoms with Gasteiger partial charge >= 0.3 is 5.97 Å². The van der Waals surface area contributed by atoms with Crippen LogP contribution < -0.4 is 22.2 Å². The second-order valence-corrected chi connectivity index (χ2v) is 10.9. The van der Waals surface area contributed by atoms with Crippen molar-refractivity contribution in [3.05, 3.63) is 22.3 Å². The number of oxime groups is 1. The summed E-state index contributed by atoms with van der Waals surface area (Å²) in [4.78, 5) is 61.5. The van der Waals surface area contributed by atoms with Crippen molar-refractivity contribution in [3.63, 3.8) is 0 Å². The van der Waals surface area contributed by atoms with Gasteiger partial charge in [-0.3, -0.25) is 19.3 Å². The predicted molar refractivity (Wildman–Crippen MR) is 134 cm³/mol. The number of rotatable bonds is 9. The fourth-order valence-corrected chi connectivity index (χ4v) is 6.65. The first-order chi connectivity index (χ1) is 18.2. The van der Waals surface area contributed by atoms with E-state index in [2.05, 4.69) is 36.3 Å². The van der Waals surface area contributed by atoms with E-state index in [0.29, 0.717) is 18.5 Å². The quantitative estimate of drug-likeness (QED) is 0.0679. The number of aromatic nitrogens is 5. The monoisotopic (exact) mass is 581 g/mol. The highest BCUT2D eigenvalue weighted by Crippen LogP contribution is 2.41. The summed E-state index contributed by atoms with van der Waals surface area (Å²) in [7, 11) is 0. The van der Waals surface area contributed by atoms with Crippen molar-refractivity contribution in [2.45, 2.75) is 29.1 Å². The maximum absolute atomic E-state index is 13.2. The molecule has 0 bridgehead atoms. The van der Waals surface area contributed by atoms with Crippen molar-refractivity contribution < 1.29 is 29.1 Å². The molecular formula is C18H19N11O6S3. The third-order valence-electron chi connectivity index (χ3n) is 5.62. The lowest BCUT2D eigenvalue weighted by atomic mass is 10.0. The van der Waals surface area contributed by atoms with Crippen molar-refractivity contribution in [2.24, 2.45) is 5.16 Å². The third kappa shape index (κ3) is 4.84. The molecule has 2 fully saturated rings. The number of carboxylic acid groups (broad SMARTS) is 1. The number of carbonyl (C=O) groups is 4. The number of thioether (sulfide) groups is 2. The number of fused-ring (bicyclic) bond motifs is 1. The number of carbonyl (C=O) groups excluding carboxylic acids is 3. The second-order valence-electron chi connectivity index (χ2n) is 8.00. The number of nitrogens with zero attached hydrogens (tertiary/aromatic N) is 7. The smallest absolute Gasteiger partial charge is 0.352 e. The molecule has 38 heavy (non-hydrogen) atoms. The minimum absolute atomic E-state index is 0.107. The molecule has 3 atom stereocenters. The van der Waals surface area contributed by atoms with E-state index in [9.17, 15) is 24.3 Å². The molecule has 0 saturated carbocycles. The SMILES string of the molecule is Nc1nc(/C(=N/O[C@@H]2CCNC2=O)C(=O)N[C@@H]2C(=O)N3C(C(=O)O)=C(CSc4nnnn4N)CS[C@@H]23)cs1. The Hall–Kier alpha value is -3.91. The largest absolute Gasteiger partial charge is 0.477 e. The van der Waals surface area contributed by atoms with Crippen LogP contribution >= 0.6 is 34.9 Å². The number of carboxylic acids is 1. The van der Waals surface area contributed by atoms with Gasteiger partial charge in [-0.05, 0) is 16.0 Å². The van der Waals surface area contributed by atoms with Crippen LogP contribution in [0.2, 0.25) is 0 Å². The summed E-state index contributed by atoms with van der Waals surface area (Å²) < 4.78 is 0. The molecule has 3 aliphatic heterocycles. The number of anilines is 1. The topological polar surface area (TPSA) is 246 Å². The van der Waals surface area contributed by atoms with E-state index in [-0.39, 0.29) is 44.8 Å². The van der Waals surface area contributed by atoms with E-state index in [1.165, 1.54) is 17.1 Å². The molecule has 2 aromatic heterocycles. The highest BCUT2D eigenvalue weighted by atomic mass is 32.2. The third-order valence-corrected chi connectivity index (χ3v) is 8.66. The minimum Gasteiger partial charge on any atom is -0.477 e. The molecule has 0 spiro atoms. The van der Waals surface area contributed by atoms with Gasteiger partial charge in [0.1, 0.15) is 22.8 Å². The Morgan fingerprint density at radius 2 is 2.21 bits per heavy atom. The van der Waals surface area contributed by atoms with Crippen LogP contribution in [-0.2, 0) is 24.0 Å². The van der Waals surface area contributed by atoms with Crippen LogP contribution in [0, 0.1) is 0 Å². The van der Waals surface area contributed by atoms with E-state index in [1.54, 1.807) is 0 Å². The van der Waals surface area contributed by atoms with Gasteiger partial charge in [0.25, 0.3) is 17.7 Å². The van der Waals surface area contributed by atoms with Gasteiger partial charge in [-0.1, -0.05) is 22.0 Å². The molecule has 0 aliphatic carbocycles. The van der Waals surface area contributed by atoms with E-state index in [1.807, 2.05) is 0 Å². The summed E-state index contributed by atoms with van der Waals surface area (Å²) in [5, 5.41) is 30.9. The van der Waals surface area contributed by atoms with Crippen LogP contribution in [0.3, 0.4) is 0 Å². The van der Waals surface area contributed by atoms with Crippen molar-refractivity contribution >= 4 is 69.4 Å². The van der Waals surface area contributed by atoms with E-state index >= 15 is 0 Å². The van der Waals surface area contributed by atoms with Gasteiger partial charge in [-0.25, -0.2) is 9.78 Å². The van der Waals surface area contributed by atoms with Gasteiger partial charge in [-0.2, -0.15) is 0 Å². The normalized spacial score (nSPS) is 23.1. The van der Waals surface area contributed by atoms with E-state index in [0.717, 1.165) is 32.8 Å². The summed E-state index contributed by atoms with van der Waals surface area (Å²) in [5.41, 5.74) is 5.85. The van der Waals surface area contributed by atoms with Crippen LogP contribution in [0.25, 0.3) is 0 Å². The number of thiazole rings is 1. The van der Waals surface area contributed by atoms with Crippen molar-refractivity contribution in [2.75, 3.05) is 29.6 Å². The lowest BCUT2D eigenvalue weighted by Gasteiger charge is -2.49. The first-order valence-corrected chi connectivity index (χ1v) is 13.8. The van der Waals surface area contributed by atoms with Crippen LogP contribution in [0.4, 0.5) is 5.13 Å². The molecule has 2 aromatic rings. The molecule has 7 N–H and O–H groups in total. The number of nitrogen functional groups attached to an aromatic ring is 2. The number of nitrogens with two attached hydrogens (primary N) is 2. The number of hydrogen-bond acceptors (Lipinski definition) is 15. The number of amides is 3. The van der Waals surface area contributed by atoms with Crippen molar-refractivity contribution in [1.29, 1.82) is 0 Å². The summed E-state index contributed by atoms with van der Waals surface area (Å²) >= 11 is 3.49. The predicted octanol–water partition coefficient (Wildman–Crippen LogP) is -2.43. The maximum atomic E-state index is 13.2. The molecule has 0 unspecified atom stereocenters. The Balaban J connectivity index is 1.31. The van der Waals surface area contributed by atoms with Crippen molar-refractivity contribution in [1.82, 2.24) is 40.8 Å². The molecule has 0 aromatic carbocycles. The van der Waals surface area contributed by atoms with Crippen LogP contribution in [0.5, 0.6) is 0 Å². The Kier molecular flexibility index (Phi) is 7.08. The first kappa shape index (κ1) is 25.7. The zero-order valence-corrected chi connectivity index (χ0v) is 21.6. The van der Waals surface area contributed by atoms with Gasteiger partial charge in [0.2, 0.25) is 11.3 Å². The number of hydrogen-bond donors (Lipinski definition) is 5. The van der Waals surface area contributed by atoms with Crippen LogP contribution in [0.1, 0.15) is 12.1 Å². The number of aliphatic carboxylic acids is 1. The zero-order valence-electron chi connectivity index (χ0n) is 19.1. The molecule has 2 saturated heterocycles. The Morgan fingerprint density at radius 1 is 1.39 bits per heavy atom. The fraction of sp³-hybridized carbons (Fsp3) is 0.389. The summed E-state index contributed by atoms with van der Waals surface area (Å²) in [5.74, 6) is 3.04. The standard InChI is InChI=1S/C18H19N11O6S3/c19-17-22-7(5-37-17)9(25-35-8-1-2-21-12(8)30)13(31)23-10-14(32)28-11(16(33)34)6(3-36-15(10)28)4-38-18-24-26-27-29(18)20/h5,8,10,15H,1-4,20H2,(H2,19,22)(H,21,30)(H,23,31)(H,33,34)/b25-9-/t8-,10-,15+/m1/s1. The van der Waals surface area contributed by atoms with Gasteiger partial charge < -0.3 is 32.2 Å². The van der Waals surface area contributed by atoms with Gasteiger partial charge in [-0.15, -0.1) is 27.9 Å². The maximum Gasteiger partial charge on any atom is 0.352 e. The molecule has 3 amide bonds. The molecule has 5 rings (SSSR count). The zero-order chi connectivity index (χ0) is 27.0. The molecule has 0 radical (unpaired) electrons. The highest BCUT2D eigenvalue weighted by Gasteiger charge is 2.54. The Labute approximate surface area is 225 Å². The summed E-state index contributed by atoms with van der Waals surface area (Å²) in [6.07, 6.45) is -0.497. The molecule has 3 aliphatic rings. The Morgan fingerprint density at radius 3 is 2.84 bits per heavy atom. The van der Waals surface area contributed by atoms with Crippen LogP contribution in [-0.4, -0.2) is 100 Å². The summed E-state index contributed by atoms with van der Waals surface area (Å²) in [6.45, 7) is 0.415. The van der Waals surface area contributed by atoms with Crippen LogP contribution in [0.15, 0.2) is 27.0 Å². The number of β-lactam (4-membered cyclic amide) rings is 1. The Bertz CT molecular complexity index is 1370. The lowest BCUT2D eigenvalue weighted by molar-refractivity contribution is -0.150. The fourth-order valence-electron chi connectivity index (χ4n) is 3.83. The summed E-state index contributed by atoms with van der Waals surface area (Å²) in [6, 6.07) is -1.02. The average molecular weight is 582 g/mol. The molecule has 5 heterocycles.